The number of hydrogen-bond acceptors (Lipinski definition) is 1. The van der Waals surface area contributed by atoms with Crippen LogP contribution in [0.3, 0.4) is 0 Å². The molecule has 0 bridgehead atoms. The Labute approximate surface area is 95.2 Å². The molecule has 0 aliphatic carbocycles. The van der Waals surface area contributed by atoms with Crippen LogP contribution in [0.4, 0.5) is 22.0 Å². The second kappa shape index (κ2) is 4.89. The Kier molecular flexibility index (Phi) is 3.95. The van der Waals surface area contributed by atoms with Crippen LogP contribution in [-0.4, -0.2) is 7.11 Å². The van der Waals surface area contributed by atoms with Gasteiger partial charge in [-0.15, -0.1) is 0 Å². The summed E-state index contributed by atoms with van der Waals surface area (Å²) in [6, 6.07) is 1.89. The number of alkyl halides is 5. The maximum atomic E-state index is 12.8. The lowest BCUT2D eigenvalue weighted by Gasteiger charge is -2.18. The van der Waals surface area contributed by atoms with Crippen LogP contribution in [0.1, 0.15) is 30.0 Å². The molecule has 6 heteroatoms. The topological polar surface area (TPSA) is 9.23 Å². The van der Waals surface area contributed by atoms with Gasteiger partial charge in [0.15, 0.2) is 0 Å². The molecule has 0 atom stereocenters. The second-order valence-corrected chi connectivity index (χ2v) is 3.36. The van der Waals surface area contributed by atoms with Crippen molar-refractivity contribution in [3.8, 4) is 5.75 Å². The van der Waals surface area contributed by atoms with Gasteiger partial charge in [0, 0.05) is 5.56 Å². The van der Waals surface area contributed by atoms with Crippen molar-refractivity contribution < 1.29 is 26.7 Å². The van der Waals surface area contributed by atoms with Gasteiger partial charge in [0.25, 0.3) is 6.43 Å². The van der Waals surface area contributed by atoms with Crippen LogP contribution in [0.15, 0.2) is 12.1 Å². The fourth-order valence-corrected chi connectivity index (χ4v) is 1.71. The molecule has 0 fully saturated rings. The maximum Gasteiger partial charge on any atom is 0.420 e. The molecule has 1 aromatic rings. The Morgan fingerprint density at radius 3 is 2.18 bits per heavy atom. The predicted molar refractivity (Wildman–Crippen MR) is 52.3 cm³/mol. The highest BCUT2D eigenvalue weighted by Gasteiger charge is 2.38. The summed E-state index contributed by atoms with van der Waals surface area (Å²) in [6.45, 7) is 1.40. The number of methoxy groups -OCH3 is 1. The highest BCUT2D eigenvalue weighted by atomic mass is 19.4. The average Bonchev–Trinajstić information content (AvgIpc) is 2.25. The monoisotopic (exact) mass is 254 g/mol. The van der Waals surface area contributed by atoms with Gasteiger partial charge in [-0.3, -0.25) is 0 Å². The molecule has 0 aliphatic heterocycles. The first-order valence-corrected chi connectivity index (χ1v) is 4.88. The molecule has 17 heavy (non-hydrogen) atoms. The van der Waals surface area contributed by atoms with Crippen LogP contribution < -0.4 is 4.74 Å². The Bertz CT molecular complexity index is 398. The van der Waals surface area contributed by atoms with Crippen LogP contribution in [0.2, 0.25) is 0 Å². The highest BCUT2D eigenvalue weighted by Crippen LogP contribution is 2.42. The average molecular weight is 254 g/mol. The minimum atomic E-state index is -4.71. The summed E-state index contributed by atoms with van der Waals surface area (Å²) in [5.41, 5.74) is -2.12. The summed E-state index contributed by atoms with van der Waals surface area (Å²) in [7, 11) is 1.08. The lowest BCUT2D eigenvalue weighted by atomic mass is 9.97. The zero-order chi connectivity index (χ0) is 13.2. The fourth-order valence-electron chi connectivity index (χ4n) is 1.71. The zero-order valence-corrected chi connectivity index (χ0v) is 9.24. The van der Waals surface area contributed by atoms with E-state index in [-0.39, 0.29) is 6.42 Å². The van der Waals surface area contributed by atoms with Crippen molar-refractivity contribution in [3.63, 3.8) is 0 Å². The van der Waals surface area contributed by atoms with E-state index < -0.39 is 35.0 Å². The number of hydrogen-bond donors (Lipinski definition) is 0. The minimum Gasteiger partial charge on any atom is -0.496 e. The quantitative estimate of drug-likeness (QED) is 0.734. The van der Waals surface area contributed by atoms with E-state index in [1.807, 2.05) is 0 Å². The first-order chi connectivity index (χ1) is 7.82. The van der Waals surface area contributed by atoms with Crippen LogP contribution >= 0.6 is 0 Å². The van der Waals surface area contributed by atoms with Crippen molar-refractivity contribution in [1.82, 2.24) is 0 Å². The van der Waals surface area contributed by atoms with E-state index in [9.17, 15) is 22.0 Å². The standard InChI is InChI=1S/C11H11F5O/c1-3-6-7(10(12)13)4-5-8(17-2)9(6)11(14,15)16/h4-5,10H,3H2,1-2H3. The Morgan fingerprint density at radius 2 is 1.82 bits per heavy atom. The minimum absolute atomic E-state index is 0.133. The Morgan fingerprint density at radius 1 is 1.24 bits per heavy atom. The van der Waals surface area contributed by atoms with Gasteiger partial charge in [-0.05, 0) is 24.1 Å². The molecule has 0 unspecified atom stereocenters. The number of benzene rings is 1. The molecule has 0 aromatic heterocycles. The summed E-state index contributed by atoms with van der Waals surface area (Å²) in [5, 5.41) is 0. The SMILES string of the molecule is CCc1c(C(F)F)ccc(OC)c1C(F)(F)F. The van der Waals surface area contributed by atoms with Crippen molar-refractivity contribution in [2.75, 3.05) is 7.11 Å². The van der Waals surface area contributed by atoms with Crippen LogP contribution in [0.5, 0.6) is 5.75 Å². The van der Waals surface area contributed by atoms with Crippen LogP contribution in [-0.2, 0) is 12.6 Å². The molecule has 0 spiro atoms. The van der Waals surface area contributed by atoms with Gasteiger partial charge in [0.1, 0.15) is 11.3 Å². The molecular formula is C11H11F5O. The third kappa shape index (κ3) is 2.68. The van der Waals surface area contributed by atoms with E-state index in [0.29, 0.717) is 0 Å². The molecule has 1 rings (SSSR count). The molecule has 0 N–H and O–H groups in total. The van der Waals surface area contributed by atoms with Crippen molar-refractivity contribution in [2.24, 2.45) is 0 Å². The largest absolute Gasteiger partial charge is 0.496 e. The van der Waals surface area contributed by atoms with Gasteiger partial charge in [-0.25, -0.2) is 8.78 Å². The third-order valence-electron chi connectivity index (χ3n) is 2.40. The first-order valence-electron chi connectivity index (χ1n) is 4.88. The summed E-state index contributed by atoms with van der Waals surface area (Å²) in [5.74, 6) is -0.432. The van der Waals surface area contributed by atoms with Crippen molar-refractivity contribution >= 4 is 0 Å². The summed E-state index contributed by atoms with van der Waals surface area (Å²) >= 11 is 0. The van der Waals surface area contributed by atoms with Crippen LogP contribution in [0.25, 0.3) is 0 Å². The van der Waals surface area contributed by atoms with Gasteiger partial charge in [-0.1, -0.05) is 6.92 Å². The number of halogens is 5. The third-order valence-corrected chi connectivity index (χ3v) is 2.40. The molecule has 0 saturated carbocycles. The first kappa shape index (κ1) is 13.7. The Hall–Kier alpha value is -1.33. The van der Waals surface area contributed by atoms with Gasteiger partial charge in [-0.2, -0.15) is 13.2 Å². The molecule has 0 saturated heterocycles. The van der Waals surface area contributed by atoms with Gasteiger partial charge >= 0.3 is 6.18 Å². The van der Waals surface area contributed by atoms with Crippen LogP contribution in [0, 0.1) is 0 Å². The van der Waals surface area contributed by atoms with E-state index in [0.717, 1.165) is 19.2 Å². The van der Waals surface area contributed by atoms with E-state index in [1.54, 1.807) is 0 Å². The molecule has 0 amide bonds. The zero-order valence-electron chi connectivity index (χ0n) is 9.24. The molecule has 1 nitrogen and oxygen atoms in total. The lowest BCUT2D eigenvalue weighted by Crippen LogP contribution is -2.13. The van der Waals surface area contributed by atoms with Crippen molar-refractivity contribution in [1.29, 1.82) is 0 Å². The fraction of sp³-hybridized carbons (Fsp3) is 0.455. The van der Waals surface area contributed by atoms with Crippen molar-refractivity contribution in [2.45, 2.75) is 25.9 Å². The number of ether oxygens (including phenoxy) is 1. The molecule has 0 aliphatic rings. The molecule has 0 heterocycles. The lowest BCUT2D eigenvalue weighted by molar-refractivity contribution is -0.139. The predicted octanol–water partition coefficient (Wildman–Crippen LogP) is 4.21. The molecule has 1 aromatic carbocycles. The summed E-state index contributed by atoms with van der Waals surface area (Å²) in [4.78, 5) is 0. The van der Waals surface area contributed by atoms with E-state index >= 15 is 0 Å². The second-order valence-electron chi connectivity index (χ2n) is 3.36. The van der Waals surface area contributed by atoms with E-state index in [4.69, 9.17) is 0 Å². The number of rotatable bonds is 3. The van der Waals surface area contributed by atoms with Gasteiger partial charge in [0.2, 0.25) is 0 Å². The van der Waals surface area contributed by atoms with Crippen molar-refractivity contribution in [3.05, 3.63) is 28.8 Å². The van der Waals surface area contributed by atoms with Gasteiger partial charge < -0.3 is 4.74 Å². The summed E-state index contributed by atoms with van der Waals surface area (Å²) < 4.78 is 68.2. The molecule has 0 radical (unpaired) electrons. The molecule has 96 valence electrons. The highest BCUT2D eigenvalue weighted by molar-refractivity contribution is 5.47. The smallest absolute Gasteiger partial charge is 0.420 e. The normalized spacial score (nSPS) is 12.0. The molecular weight excluding hydrogens is 243 g/mol. The van der Waals surface area contributed by atoms with E-state index in [2.05, 4.69) is 4.74 Å². The maximum absolute atomic E-state index is 12.8. The summed E-state index contributed by atoms with van der Waals surface area (Å²) in [6.07, 6.45) is -7.77. The van der Waals surface area contributed by atoms with E-state index in [1.165, 1.54) is 6.92 Å². The Balaban J connectivity index is 3.55. The van der Waals surface area contributed by atoms with Gasteiger partial charge in [0.05, 0.1) is 7.11 Å².